The predicted molar refractivity (Wildman–Crippen MR) is 124 cm³/mol. The maximum Gasteiger partial charge on any atom is 0.270 e. The van der Waals surface area contributed by atoms with Crippen LogP contribution in [0.3, 0.4) is 0 Å². The quantitative estimate of drug-likeness (QED) is 0.474. The number of morpholine rings is 1. The van der Waals surface area contributed by atoms with Crippen LogP contribution in [0.2, 0.25) is 0 Å². The Morgan fingerprint density at radius 3 is 2.97 bits per heavy atom. The van der Waals surface area contributed by atoms with Crippen molar-refractivity contribution in [1.82, 2.24) is 25.1 Å². The van der Waals surface area contributed by atoms with Gasteiger partial charge in [0.2, 0.25) is 5.13 Å². The number of pyridine rings is 1. The molecule has 0 spiro atoms. The number of anilines is 2. The second-order valence-corrected chi connectivity index (χ2v) is 8.82. The molecular weight excluding hydrogens is 424 g/mol. The zero-order valence-corrected chi connectivity index (χ0v) is 18.8. The minimum absolute atomic E-state index is 0.0239. The van der Waals surface area contributed by atoms with Crippen LogP contribution >= 0.6 is 11.3 Å². The van der Waals surface area contributed by atoms with Gasteiger partial charge < -0.3 is 19.9 Å². The number of hydrogen-bond acceptors (Lipinski definition) is 7. The summed E-state index contributed by atoms with van der Waals surface area (Å²) < 4.78 is 5.97. The maximum absolute atomic E-state index is 13.2. The smallest absolute Gasteiger partial charge is 0.270 e. The highest BCUT2D eigenvalue weighted by Crippen LogP contribution is 2.26. The van der Waals surface area contributed by atoms with Crippen molar-refractivity contribution in [1.29, 1.82) is 0 Å². The van der Waals surface area contributed by atoms with Crippen molar-refractivity contribution in [3.05, 3.63) is 64.4 Å². The minimum Gasteiger partial charge on any atom is -0.368 e. The van der Waals surface area contributed by atoms with E-state index in [0.717, 1.165) is 33.6 Å². The molecule has 9 heteroatoms. The second-order valence-electron chi connectivity index (χ2n) is 7.76. The van der Waals surface area contributed by atoms with E-state index in [4.69, 9.17) is 9.72 Å². The number of aromatic nitrogens is 4. The van der Waals surface area contributed by atoms with Gasteiger partial charge in [0.1, 0.15) is 22.6 Å². The molecule has 2 N–H and O–H groups in total. The highest BCUT2D eigenvalue weighted by atomic mass is 32.1. The number of benzene rings is 1. The van der Waals surface area contributed by atoms with Crippen molar-refractivity contribution in [2.45, 2.75) is 26.4 Å². The van der Waals surface area contributed by atoms with Crippen LogP contribution in [0.1, 0.15) is 39.8 Å². The molecule has 8 nitrogen and oxygen atoms in total. The lowest BCUT2D eigenvalue weighted by Crippen LogP contribution is -2.42. The number of aromatic amines is 1. The summed E-state index contributed by atoms with van der Waals surface area (Å²) in [5.41, 5.74) is 3.50. The molecule has 1 saturated heterocycles. The fourth-order valence-electron chi connectivity index (χ4n) is 3.86. The monoisotopic (exact) mass is 448 g/mol. The summed E-state index contributed by atoms with van der Waals surface area (Å²) in [7, 11) is 0. The number of ether oxygens (including phenoxy) is 1. The fourth-order valence-corrected chi connectivity index (χ4v) is 4.55. The molecule has 1 fully saturated rings. The van der Waals surface area contributed by atoms with Gasteiger partial charge >= 0.3 is 0 Å². The van der Waals surface area contributed by atoms with E-state index in [1.165, 1.54) is 11.3 Å². The average Bonchev–Trinajstić information content (AvgIpc) is 3.46. The molecule has 0 saturated carbocycles. The lowest BCUT2D eigenvalue weighted by molar-refractivity contribution is -0.0248. The van der Waals surface area contributed by atoms with Gasteiger partial charge in [-0.2, -0.15) is 0 Å². The molecule has 4 heterocycles. The number of aryl methyl sites for hydroxylation is 2. The van der Waals surface area contributed by atoms with E-state index < -0.39 is 0 Å². The number of nitrogens with zero attached hydrogens (tertiary/aromatic N) is 4. The summed E-state index contributed by atoms with van der Waals surface area (Å²) in [5, 5.41) is 14.2. The van der Waals surface area contributed by atoms with E-state index in [1.54, 1.807) is 0 Å². The van der Waals surface area contributed by atoms with Gasteiger partial charge in [-0.15, -0.1) is 10.2 Å². The minimum atomic E-state index is -0.291. The standard InChI is InChI=1S/C23H24N6O2S/c1-3-21-27-28-23(32-21)26-20-9-5-8-17(25-20)19-13-29(10-11-31-19)22(30)18-12-15-14(2)6-4-7-16(15)24-18/h4-9,12,19,24H,3,10-11,13H2,1-2H3,(H,25,26,28)/t19-/m1/s1. The Kier molecular flexibility index (Phi) is 5.59. The maximum atomic E-state index is 13.2. The number of amides is 1. The molecule has 0 unspecified atom stereocenters. The van der Waals surface area contributed by atoms with E-state index >= 15 is 0 Å². The SMILES string of the molecule is CCc1nnc(Nc2cccc([C@H]3CN(C(=O)c4cc5c(C)cccc5[nH]4)CCO3)n2)s1. The molecule has 5 rings (SSSR count). The number of rotatable bonds is 5. The highest BCUT2D eigenvalue weighted by molar-refractivity contribution is 7.15. The first-order chi connectivity index (χ1) is 15.6. The average molecular weight is 449 g/mol. The van der Waals surface area contributed by atoms with Crippen LogP contribution in [0.15, 0.2) is 42.5 Å². The Morgan fingerprint density at radius 2 is 2.16 bits per heavy atom. The zero-order chi connectivity index (χ0) is 22.1. The van der Waals surface area contributed by atoms with Crippen LogP contribution < -0.4 is 5.32 Å². The van der Waals surface area contributed by atoms with Crippen LogP contribution in [-0.2, 0) is 11.2 Å². The van der Waals surface area contributed by atoms with Crippen molar-refractivity contribution in [3.8, 4) is 0 Å². The first-order valence-corrected chi connectivity index (χ1v) is 11.5. The number of nitrogens with one attached hydrogen (secondary N) is 2. The fraction of sp³-hybridized carbons (Fsp3) is 0.304. The zero-order valence-electron chi connectivity index (χ0n) is 18.0. The van der Waals surface area contributed by atoms with E-state index in [9.17, 15) is 4.79 Å². The van der Waals surface area contributed by atoms with Crippen LogP contribution in [-0.4, -0.2) is 50.7 Å². The first kappa shape index (κ1) is 20.6. The number of carbonyl (C=O) groups is 1. The molecule has 0 aliphatic carbocycles. The van der Waals surface area contributed by atoms with Crippen LogP contribution in [0.4, 0.5) is 10.9 Å². The van der Waals surface area contributed by atoms with Crippen molar-refractivity contribution in [2.24, 2.45) is 0 Å². The van der Waals surface area contributed by atoms with Gasteiger partial charge in [-0.3, -0.25) is 4.79 Å². The molecular formula is C23H24N6O2S. The summed E-state index contributed by atoms with van der Waals surface area (Å²) in [5.74, 6) is 0.656. The third-order valence-electron chi connectivity index (χ3n) is 5.57. The Hall–Kier alpha value is -3.30. The van der Waals surface area contributed by atoms with Crippen LogP contribution in [0.5, 0.6) is 0 Å². The molecule has 0 bridgehead atoms. The number of hydrogen-bond donors (Lipinski definition) is 2. The first-order valence-electron chi connectivity index (χ1n) is 10.7. The Bertz CT molecular complexity index is 1270. The van der Waals surface area contributed by atoms with Crippen molar-refractivity contribution in [3.63, 3.8) is 0 Å². The van der Waals surface area contributed by atoms with Gasteiger partial charge in [0.05, 0.1) is 18.8 Å². The number of carbonyl (C=O) groups excluding carboxylic acids is 1. The predicted octanol–water partition coefficient (Wildman–Crippen LogP) is 4.24. The van der Waals surface area contributed by atoms with E-state index in [-0.39, 0.29) is 12.0 Å². The summed E-state index contributed by atoms with van der Waals surface area (Å²) in [6, 6.07) is 13.7. The second kappa shape index (κ2) is 8.68. The van der Waals surface area contributed by atoms with Gasteiger partial charge in [-0.1, -0.05) is 36.5 Å². The molecule has 1 aliphatic rings. The third kappa shape index (κ3) is 4.09. The molecule has 164 valence electrons. The van der Waals surface area contributed by atoms with Gasteiger partial charge in [0, 0.05) is 17.4 Å². The number of H-pyrrole nitrogens is 1. The Balaban J connectivity index is 1.32. The molecule has 1 aromatic carbocycles. The summed E-state index contributed by atoms with van der Waals surface area (Å²) in [4.78, 5) is 23.0. The molecule has 1 aliphatic heterocycles. The van der Waals surface area contributed by atoms with E-state index in [2.05, 4.69) is 20.5 Å². The van der Waals surface area contributed by atoms with Crippen molar-refractivity contribution >= 4 is 39.1 Å². The molecule has 4 aromatic rings. The Morgan fingerprint density at radius 1 is 1.28 bits per heavy atom. The molecule has 1 atom stereocenters. The number of fused-ring (bicyclic) bond motifs is 1. The van der Waals surface area contributed by atoms with Gasteiger partial charge in [-0.25, -0.2) is 4.98 Å². The Labute approximate surface area is 189 Å². The highest BCUT2D eigenvalue weighted by Gasteiger charge is 2.28. The van der Waals surface area contributed by atoms with E-state index in [0.29, 0.717) is 36.3 Å². The van der Waals surface area contributed by atoms with Gasteiger partial charge in [0.25, 0.3) is 5.91 Å². The lowest BCUT2D eigenvalue weighted by atomic mass is 10.1. The summed E-state index contributed by atoms with van der Waals surface area (Å²) in [6.45, 7) is 5.56. The molecule has 32 heavy (non-hydrogen) atoms. The normalized spacial score (nSPS) is 16.4. The largest absolute Gasteiger partial charge is 0.368 e. The van der Waals surface area contributed by atoms with Gasteiger partial charge in [-0.05, 0) is 43.2 Å². The van der Waals surface area contributed by atoms with Gasteiger partial charge in [0.15, 0.2) is 0 Å². The molecule has 0 radical (unpaired) electrons. The molecule has 1 amide bonds. The van der Waals surface area contributed by atoms with Crippen molar-refractivity contribution < 1.29 is 9.53 Å². The van der Waals surface area contributed by atoms with Crippen molar-refractivity contribution in [2.75, 3.05) is 25.0 Å². The summed E-state index contributed by atoms with van der Waals surface area (Å²) >= 11 is 1.51. The topological polar surface area (TPSA) is 96.0 Å². The summed E-state index contributed by atoms with van der Waals surface area (Å²) in [6.07, 6.45) is 0.559. The molecule has 3 aromatic heterocycles. The van der Waals surface area contributed by atoms with Crippen LogP contribution in [0.25, 0.3) is 10.9 Å². The lowest BCUT2D eigenvalue weighted by Gasteiger charge is -2.32. The van der Waals surface area contributed by atoms with Crippen LogP contribution in [0, 0.1) is 6.92 Å². The third-order valence-corrected chi connectivity index (χ3v) is 6.55. The van der Waals surface area contributed by atoms with E-state index in [1.807, 2.05) is 61.2 Å².